The lowest BCUT2D eigenvalue weighted by Gasteiger charge is -2.31. The second kappa shape index (κ2) is 5.50. The molecular formula is C11H22N2O3. The molecule has 0 atom stereocenters. The van der Waals surface area contributed by atoms with E-state index in [2.05, 4.69) is 5.43 Å². The Morgan fingerprint density at radius 3 is 2.44 bits per heavy atom. The van der Waals surface area contributed by atoms with Crippen LogP contribution < -0.4 is 5.43 Å². The molecule has 0 aromatic heterocycles. The summed E-state index contributed by atoms with van der Waals surface area (Å²) in [5.41, 5.74) is 2.25. The summed E-state index contributed by atoms with van der Waals surface area (Å²) >= 11 is 0. The Morgan fingerprint density at radius 2 is 2.00 bits per heavy atom. The predicted octanol–water partition coefficient (Wildman–Crippen LogP) is 1.13. The first-order valence-electron chi connectivity index (χ1n) is 5.76. The molecule has 1 heterocycles. The van der Waals surface area contributed by atoms with Crippen molar-refractivity contribution in [1.82, 2.24) is 10.4 Å². The molecule has 16 heavy (non-hydrogen) atoms. The van der Waals surface area contributed by atoms with Gasteiger partial charge in [0.05, 0.1) is 0 Å². The van der Waals surface area contributed by atoms with E-state index in [-0.39, 0.29) is 6.61 Å². The fourth-order valence-corrected chi connectivity index (χ4v) is 1.66. The van der Waals surface area contributed by atoms with Crippen molar-refractivity contribution in [2.75, 3.05) is 19.7 Å². The highest BCUT2D eigenvalue weighted by Gasteiger charge is 2.22. The molecule has 1 saturated heterocycles. The third kappa shape index (κ3) is 4.81. The van der Waals surface area contributed by atoms with Crippen molar-refractivity contribution in [2.24, 2.45) is 5.92 Å². The molecule has 5 heteroatoms. The summed E-state index contributed by atoms with van der Waals surface area (Å²) in [6, 6.07) is 0. The Bertz CT molecular complexity index is 230. The van der Waals surface area contributed by atoms with Crippen molar-refractivity contribution in [3.05, 3.63) is 0 Å². The van der Waals surface area contributed by atoms with Crippen molar-refractivity contribution >= 4 is 6.09 Å². The van der Waals surface area contributed by atoms with Gasteiger partial charge in [-0.15, -0.1) is 0 Å². The predicted molar refractivity (Wildman–Crippen MR) is 60.8 cm³/mol. The highest BCUT2D eigenvalue weighted by Crippen LogP contribution is 2.15. The molecule has 5 nitrogen and oxygen atoms in total. The fraction of sp³-hybridized carbons (Fsp3) is 0.909. The number of nitrogens with one attached hydrogen (secondary N) is 1. The zero-order valence-corrected chi connectivity index (χ0v) is 10.3. The van der Waals surface area contributed by atoms with Crippen LogP contribution in [0, 0.1) is 5.92 Å². The van der Waals surface area contributed by atoms with Crippen LogP contribution in [0.25, 0.3) is 0 Å². The number of aliphatic hydroxyl groups is 1. The summed E-state index contributed by atoms with van der Waals surface area (Å²) in [4.78, 5) is 11.5. The number of ether oxygens (including phenoxy) is 1. The molecule has 1 aliphatic rings. The van der Waals surface area contributed by atoms with Gasteiger partial charge in [0, 0.05) is 19.7 Å². The summed E-state index contributed by atoms with van der Waals surface area (Å²) in [5.74, 6) is 0.372. The van der Waals surface area contributed by atoms with Gasteiger partial charge < -0.3 is 9.84 Å². The SMILES string of the molecule is CC(C)(C)OC(=O)NN1CCC(CO)CC1. The van der Waals surface area contributed by atoms with Crippen LogP contribution in [0.2, 0.25) is 0 Å². The monoisotopic (exact) mass is 230 g/mol. The number of carbonyl (C=O) groups excluding carboxylic acids is 1. The van der Waals surface area contributed by atoms with E-state index in [0.29, 0.717) is 5.92 Å². The summed E-state index contributed by atoms with van der Waals surface area (Å²) < 4.78 is 5.15. The Kier molecular flexibility index (Phi) is 4.56. The molecule has 0 aliphatic carbocycles. The fourth-order valence-electron chi connectivity index (χ4n) is 1.66. The first-order valence-corrected chi connectivity index (χ1v) is 5.76. The van der Waals surface area contributed by atoms with Gasteiger partial charge in [0.2, 0.25) is 0 Å². The van der Waals surface area contributed by atoms with E-state index in [9.17, 15) is 4.79 Å². The third-order valence-electron chi connectivity index (χ3n) is 2.52. The minimum atomic E-state index is -0.465. The summed E-state index contributed by atoms with van der Waals surface area (Å²) in [7, 11) is 0. The van der Waals surface area contributed by atoms with Crippen molar-refractivity contribution < 1.29 is 14.6 Å². The van der Waals surface area contributed by atoms with E-state index < -0.39 is 11.7 Å². The lowest BCUT2D eigenvalue weighted by molar-refractivity contribution is 0.0238. The van der Waals surface area contributed by atoms with Gasteiger partial charge in [0.25, 0.3) is 0 Å². The molecule has 0 aromatic carbocycles. The summed E-state index contributed by atoms with van der Waals surface area (Å²) in [5, 5.41) is 10.8. The molecule has 0 radical (unpaired) electrons. The Labute approximate surface area is 96.7 Å². The largest absolute Gasteiger partial charge is 0.443 e. The number of hydrogen-bond donors (Lipinski definition) is 2. The zero-order chi connectivity index (χ0) is 12.2. The molecule has 1 amide bonds. The van der Waals surface area contributed by atoms with Crippen LogP contribution in [0.5, 0.6) is 0 Å². The number of piperidine rings is 1. The second-order valence-corrected chi connectivity index (χ2v) is 5.23. The Hall–Kier alpha value is -0.810. The molecule has 0 bridgehead atoms. The zero-order valence-electron chi connectivity index (χ0n) is 10.3. The minimum Gasteiger partial charge on any atom is -0.443 e. The van der Waals surface area contributed by atoms with Crippen LogP contribution in [-0.4, -0.2) is 41.5 Å². The number of amides is 1. The Balaban J connectivity index is 2.26. The lowest BCUT2D eigenvalue weighted by atomic mass is 9.99. The smallest absolute Gasteiger partial charge is 0.422 e. The maximum absolute atomic E-state index is 11.5. The first kappa shape index (κ1) is 13.3. The maximum Gasteiger partial charge on any atom is 0.422 e. The van der Waals surface area contributed by atoms with Crippen molar-refractivity contribution in [3.63, 3.8) is 0 Å². The highest BCUT2D eigenvalue weighted by atomic mass is 16.6. The Morgan fingerprint density at radius 1 is 1.44 bits per heavy atom. The minimum absolute atomic E-state index is 0.236. The molecule has 94 valence electrons. The van der Waals surface area contributed by atoms with E-state index >= 15 is 0 Å². The molecule has 1 rings (SSSR count). The van der Waals surface area contributed by atoms with Gasteiger partial charge in [-0.05, 0) is 39.5 Å². The molecule has 1 aliphatic heterocycles. The number of carbonyl (C=O) groups is 1. The molecule has 0 aromatic rings. The van der Waals surface area contributed by atoms with Crippen molar-refractivity contribution in [3.8, 4) is 0 Å². The third-order valence-corrected chi connectivity index (χ3v) is 2.52. The number of nitrogens with zero attached hydrogens (tertiary/aromatic N) is 1. The van der Waals surface area contributed by atoms with E-state index in [0.717, 1.165) is 25.9 Å². The van der Waals surface area contributed by atoms with Crippen LogP contribution in [-0.2, 0) is 4.74 Å². The maximum atomic E-state index is 11.5. The van der Waals surface area contributed by atoms with Gasteiger partial charge in [0.15, 0.2) is 0 Å². The lowest BCUT2D eigenvalue weighted by Crippen LogP contribution is -2.48. The topological polar surface area (TPSA) is 61.8 Å². The number of aliphatic hydroxyl groups excluding tert-OH is 1. The van der Waals surface area contributed by atoms with Crippen molar-refractivity contribution in [2.45, 2.75) is 39.2 Å². The van der Waals surface area contributed by atoms with Crippen LogP contribution in [0.3, 0.4) is 0 Å². The summed E-state index contributed by atoms with van der Waals surface area (Å²) in [6.45, 7) is 7.29. The van der Waals surface area contributed by atoms with E-state index in [1.807, 2.05) is 25.8 Å². The molecule has 1 fully saturated rings. The van der Waals surface area contributed by atoms with Gasteiger partial charge in [-0.3, -0.25) is 5.43 Å². The van der Waals surface area contributed by atoms with Gasteiger partial charge in [0.1, 0.15) is 5.60 Å². The van der Waals surface area contributed by atoms with Crippen LogP contribution in [0.4, 0.5) is 4.79 Å². The van der Waals surface area contributed by atoms with Crippen LogP contribution in [0.15, 0.2) is 0 Å². The summed E-state index contributed by atoms with van der Waals surface area (Å²) in [6.07, 6.45) is 1.41. The highest BCUT2D eigenvalue weighted by molar-refractivity contribution is 5.67. The molecular weight excluding hydrogens is 208 g/mol. The molecule has 0 spiro atoms. The average Bonchev–Trinajstić information content (AvgIpc) is 2.16. The second-order valence-electron chi connectivity index (χ2n) is 5.23. The first-order chi connectivity index (χ1) is 7.40. The van der Waals surface area contributed by atoms with Crippen LogP contribution in [0.1, 0.15) is 33.6 Å². The molecule has 0 saturated carbocycles. The van der Waals surface area contributed by atoms with Gasteiger partial charge in [-0.25, -0.2) is 9.80 Å². The molecule has 2 N–H and O–H groups in total. The van der Waals surface area contributed by atoms with Gasteiger partial charge in [-0.1, -0.05) is 0 Å². The average molecular weight is 230 g/mol. The van der Waals surface area contributed by atoms with Crippen molar-refractivity contribution in [1.29, 1.82) is 0 Å². The molecule has 0 unspecified atom stereocenters. The van der Waals surface area contributed by atoms with Crippen LogP contribution >= 0.6 is 0 Å². The van der Waals surface area contributed by atoms with Gasteiger partial charge >= 0.3 is 6.09 Å². The van der Waals surface area contributed by atoms with E-state index in [4.69, 9.17) is 9.84 Å². The normalized spacial score (nSPS) is 19.5. The van der Waals surface area contributed by atoms with Gasteiger partial charge in [-0.2, -0.15) is 0 Å². The van der Waals surface area contributed by atoms with E-state index in [1.165, 1.54) is 0 Å². The standard InChI is InChI=1S/C11H22N2O3/c1-11(2,3)16-10(15)12-13-6-4-9(8-14)5-7-13/h9,14H,4-8H2,1-3H3,(H,12,15). The number of hydrogen-bond acceptors (Lipinski definition) is 4. The number of rotatable bonds is 2. The van der Waals surface area contributed by atoms with E-state index in [1.54, 1.807) is 0 Å². The quantitative estimate of drug-likeness (QED) is 0.746. The number of hydrazine groups is 1.